The highest BCUT2D eigenvalue weighted by molar-refractivity contribution is 7.11. The van der Waals surface area contributed by atoms with Gasteiger partial charge in [0.05, 0.1) is 17.3 Å². The Morgan fingerprint density at radius 1 is 1.29 bits per heavy atom. The van der Waals surface area contributed by atoms with Gasteiger partial charge in [-0.3, -0.25) is 0 Å². The molecule has 0 atom stereocenters. The monoisotopic (exact) mass is 302 g/mol. The van der Waals surface area contributed by atoms with E-state index in [-0.39, 0.29) is 0 Å². The molecular formula is C17H22N2OS. The van der Waals surface area contributed by atoms with Gasteiger partial charge in [-0.05, 0) is 37.8 Å². The Kier molecular flexibility index (Phi) is 4.88. The summed E-state index contributed by atoms with van der Waals surface area (Å²) in [5.41, 5.74) is 2.53. The third kappa shape index (κ3) is 3.83. The zero-order valence-electron chi connectivity index (χ0n) is 12.5. The highest BCUT2D eigenvalue weighted by Crippen LogP contribution is 2.23. The van der Waals surface area contributed by atoms with E-state index in [1.165, 1.54) is 21.1 Å². The first-order valence-corrected chi connectivity index (χ1v) is 8.51. The molecular weight excluding hydrogens is 280 g/mol. The maximum atomic E-state index is 5.83. The van der Waals surface area contributed by atoms with Gasteiger partial charge >= 0.3 is 0 Å². The second-order valence-electron chi connectivity index (χ2n) is 5.48. The summed E-state index contributed by atoms with van der Waals surface area (Å²) in [6.07, 6.45) is 4.39. The number of thiazole rings is 1. The molecule has 1 aliphatic heterocycles. The third-order valence-corrected chi connectivity index (χ3v) is 4.94. The Morgan fingerprint density at radius 2 is 2.19 bits per heavy atom. The van der Waals surface area contributed by atoms with Crippen molar-refractivity contribution in [2.75, 3.05) is 13.2 Å². The molecule has 0 fully saturated rings. The molecule has 0 saturated carbocycles. The van der Waals surface area contributed by atoms with Crippen LogP contribution in [-0.4, -0.2) is 18.1 Å². The van der Waals surface area contributed by atoms with Gasteiger partial charge in [-0.1, -0.05) is 18.2 Å². The van der Waals surface area contributed by atoms with Crippen LogP contribution in [-0.2, 0) is 19.4 Å². The van der Waals surface area contributed by atoms with Crippen molar-refractivity contribution >= 4 is 11.3 Å². The molecule has 0 amide bonds. The number of unbranched alkanes of at least 4 members (excludes halogenated alkanes) is 1. The van der Waals surface area contributed by atoms with Gasteiger partial charge in [-0.15, -0.1) is 11.3 Å². The van der Waals surface area contributed by atoms with Gasteiger partial charge in [0, 0.05) is 24.4 Å². The highest BCUT2D eigenvalue weighted by Gasteiger charge is 2.14. The molecule has 4 heteroatoms. The minimum absolute atomic E-state index is 0.789. The number of ether oxygens (including phenoxy) is 1. The molecule has 1 aromatic carbocycles. The lowest BCUT2D eigenvalue weighted by atomic mass is 10.2. The lowest BCUT2D eigenvalue weighted by molar-refractivity contribution is 0.305. The SMILES string of the molecule is Cc1ccccc1OCCCCc1nc2c(s1)CNCC2. The number of nitrogens with one attached hydrogen (secondary N) is 1. The molecule has 1 aliphatic rings. The highest BCUT2D eigenvalue weighted by atomic mass is 32.1. The van der Waals surface area contributed by atoms with Crippen LogP contribution in [0.25, 0.3) is 0 Å². The first-order chi connectivity index (χ1) is 10.3. The van der Waals surface area contributed by atoms with Crippen LogP contribution in [0.1, 0.15) is 34.0 Å². The van der Waals surface area contributed by atoms with E-state index < -0.39 is 0 Å². The van der Waals surface area contributed by atoms with Crippen LogP contribution in [0.2, 0.25) is 0 Å². The molecule has 0 saturated heterocycles. The van der Waals surface area contributed by atoms with Crippen molar-refractivity contribution in [3.63, 3.8) is 0 Å². The van der Waals surface area contributed by atoms with E-state index in [2.05, 4.69) is 18.3 Å². The Labute approximate surface area is 130 Å². The van der Waals surface area contributed by atoms with Crippen molar-refractivity contribution in [1.82, 2.24) is 10.3 Å². The number of rotatable bonds is 6. The fourth-order valence-electron chi connectivity index (χ4n) is 2.56. The molecule has 1 N–H and O–H groups in total. The van der Waals surface area contributed by atoms with Crippen LogP contribution in [0, 0.1) is 6.92 Å². The minimum atomic E-state index is 0.789. The first kappa shape index (κ1) is 14.5. The van der Waals surface area contributed by atoms with E-state index in [0.29, 0.717) is 0 Å². The summed E-state index contributed by atoms with van der Waals surface area (Å²) in [7, 11) is 0. The maximum Gasteiger partial charge on any atom is 0.122 e. The van der Waals surface area contributed by atoms with Gasteiger partial charge in [-0.2, -0.15) is 0 Å². The van der Waals surface area contributed by atoms with Crippen LogP contribution < -0.4 is 10.1 Å². The van der Waals surface area contributed by atoms with Gasteiger partial charge in [0.15, 0.2) is 0 Å². The smallest absolute Gasteiger partial charge is 0.122 e. The molecule has 3 nitrogen and oxygen atoms in total. The number of hydrogen-bond acceptors (Lipinski definition) is 4. The zero-order chi connectivity index (χ0) is 14.5. The van der Waals surface area contributed by atoms with E-state index >= 15 is 0 Å². The number of aromatic nitrogens is 1. The molecule has 0 bridgehead atoms. The van der Waals surface area contributed by atoms with Crippen molar-refractivity contribution in [3.8, 4) is 5.75 Å². The summed E-state index contributed by atoms with van der Waals surface area (Å²) < 4.78 is 5.83. The van der Waals surface area contributed by atoms with Crippen LogP contribution >= 0.6 is 11.3 Å². The van der Waals surface area contributed by atoms with Gasteiger partial charge in [0.25, 0.3) is 0 Å². The number of nitrogens with zero attached hydrogens (tertiary/aromatic N) is 1. The molecule has 3 rings (SSSR count). The van der Waals surface area contributed by atoms with E-state index in [4.69, 9.17) is 9.72 Å². The molecule has 0 radical (unpaired) electrons. The summed E-state index contributed by atoms with van der Waals surface area (Å²) in [6, 6.07) is 8.19. The molecule has 1 aromatic heterocycles. The standard InChI is InChI=1S/C17H22N2OS/c1-13-6-2-3-7-15(13)20-11-5-4-8-17-19-14-9-10-18-12-16(14)21-17/h2-3,6-7,18H,4-5,8-12H2,1H3. The maximum absolute atomic E-state index is 5.83. The Morgan fingerprint density at radius 3 is 3.05 bits per heavy atom. The van der Waals surface area contributed by atoms with Crippen molar-refractivity contribution in [2.24, 2.45) is 0 Å². The number of hydrogen-bond donors (Lipinski definition) is 1. The summed E-state index contributed by atoms with van der Waals surface area (Å²) >= 11 is 1.88. The van der Waals surface area contributed by atoms with Gasteiger partial charge in [0.1, 0.15) is 5.75 Å². The van der Waals surface area contributed by atoms with E-state index in [0.717, 1.165) is 51.1 Å². The van der Waals surface area contributed by atoms with E-state index in [9.17, 15) is 0 Å². The molecule has 0 spiro atoms. The predicted molar refractivity (Wildman–Crippen MR) is 87.1 cm³/mol. The Balaban J connectivity index is 1.40. The number of benzene rings is 1. The largest absolute Gasteiger partial charge is 0.493 e. The normalized spacial score (nSPS) is 14.0. The molecule has 112 valence electrons. The van der Waals surface area contributed by atoms with Crippen molar-refractivity contribution in [1.29, 1.82) is 0 Å². The second kappa shape index (κ2) is 7.05. The van der Waals surface area contributed by atoms with Gasteiger partial charge in [0.2, 0.25) is 0 Å². The lowest BCUT2D eigenvalue weighted by Crippen LogP contribution is -2.22. The molecule has 2 heterocycles. The molecule has 0 aliphatic carbocycles. The summed E-state index contributed by atoms with van der Waals surface area (Å²) in [6.45, 7) is 4.95. The van der Waals surface area contributed by atoms with Gasteiger partial charge < -0.3 is 10.1 Å². The fourth-order valence-corrected chi connectivity index (χ4v) is 3.69. The van der Waals surface area contributed by atoms with E-state index in [1.807, 2.05) is 29.5 Å². The van der Waals surface area contributed by atoms with Crippen LogP contribution in [0.5, 0.6) is 5.75 Å². The molecule has 0 unspecified atom stereocenters. The molecule has 21 heavy (non-hydrogen) atoms. The Bertz CT molecular complexity index is 571. The number of para-hydroxylation sites is 1. The summed E-state index contributed by atoms with van der Waals surface area (Å²) in [5, 5.41) is 4.70. The number of aryl methyl sites for hydroxylation is 2. The summed E-state index contributed by atoms with van der Waals surface area (Å²) in [4.78, 5) is 6.20. The van der Waals surface area contributed by atoms with Crippen LogP contribution in [0.3, 0.4) is 0 Å². The quantitative estimate of drug-likeness (QED) is 0.829. The topological polar surface area (TPSA) is 34.1 Å². The fraction of sp³-hybridized carbons (Fsp3) is 0.471. The van der Waals surface area contributed by atoms with Crippen LogP contribution in [0.15, 0.2) is 24.3 Å². The Hall–Kier alpha value is -1.39. The van der Waals surface area contributed by atoms with Crippen molar-refractivity contribution in [2.45, 2.75) is 39.2 Å². The predicted octanol–water partition coefficient (Wildman–Crippen LogP) is 3.50. The second-order valence-corrected chi connectivity index (χ2v) is 6.64. The first-order valence-electron chi connectivity index (χ1n) is 7.69. The average Bonchev–Trinajstić information content (AvgIpc) is 2.91. The van der Waals surface area contributed by atoms with Gasteiger partial charge in [-0.25, -0.2) is 4.98 Å². The number of fused-ring (bicyclic) bond motifs is 1. The summed E-state index contributed by atoms with van der Waals surface area (Å²) in [5.74, 6) is 1.01. The van der Waals surface area contributed by atoms with E-state index in [1.54, 1.807) is 0 Å². The van der Waals surface area contributed by atoms with Crippen molar-refractivity contribution < 1.29 is 4.74 Å². The molecule has 2 aromatic rings. The van der Waals surface area contributed by atoms with Crippen molar-refractivity contribution in [3.05, 3.63) is 45.4 Å². The average molecular weight is 302 g/mol. The zero-order valence-corrected chi connectivity index (χ0v) is 13.3. The minimum Gasteiger partial charge on any atom is -0.493 e. The van der Waals surface area contributed by atoms with Crippen LogP contribution in [0.4, 0.5) is 0 Å². The third-order valence-electron chi connectivity index (χ3n) is 3.78. The lowest BCUT2D eigenvalue weighted by Gasteiger charge is -2.09.